The molecule has 0 aromatic heterocycles. The van der Waals surface area contributed by atoms with Gasteiger partial charge in [0.2, 0.25) is 6.41 Å². The number of carbonyl (C=O) groups excluding carboxylic acids is 1. The van der Waals surface area contributed by atoms with Crippen molar-refractivity contribution in [3.63, 3.8) is 0 Å². The second-order valence-corrected chi connectivity index (χ2v) is 20.1. The minimum absolute atomic E-state index is 0.124. The molecule has 12 unspecified atom stereocenters. The van der Waals surface area contributed by atoms with Gasteiger partial charge in [-0.05, 0) is 174 Å². The van der Waals surface area contributed by atoms with Gasteiger partial charge in [-0.15, -0.1) is 0 Å². The molecule has 13 atom stereocenters. The van der Waals surface area contributed by atoms with E-state index in [2.05, 4.69) is 48.1 Å². The van der Waals surface area contributed by atoms with Crippen LogP contribution in [-0.2, 0) is 14.3 Å². The predicted molar refractivity (Wildman–Crippen MR) is 190 cm³/mol. The number of nitrogens with zero attached hydrogens (tertiary/aromatic N) is 1. The molecule has 5 nitrogen and oxygen atoms in total. The molecular weight excluding hydrogens is 582 g/mol. The van der Waals surface area contributed by atoms with Crippen molar-refractivity contribution in [2.24, 2.45) is 74.9 Å². The van der Waals surface area contributed by atoms with Crippen molar-refractivity contribution in [2.75, 3.05) is 20.2 Å². The highest BCUT2D eigenvalue weighted by atomic mass is 16.6. The normalized spacial score (nSPS) is 47.2. The summed E-state index contributed by atoms with van der Waals surface area (Å²) in [4.78, 5) is 15.3. The van der Waals surface area contributed by atoms with Crippen LogP contribution in [0.2, 0.25) is 0 Å². The summed E-state index contributed by atoms with van der Waals surface area (Å²) in [5.74, 6) is 5.28. The maximum atomic E-state index is 13.4. The standard InChI is InChI=1S/C42H71NO4/c1-26(2)29-15-21-42(24-28-18-23-43(25-31(28)36(44)46-11)37(45)47-38(4,5)6)22-16-32-30(35(29)42)12-13-34-40(32,9)20-17-33-39(7,8)27(3)14-19-41(33,34)10/h27-35,37,45H,1,12-25H2,2-11H3/t27?,28?,29?,30?,31?,32?,33?,34?,35?,37?,40?,41?,42-/m1/s1. The van der Waals surface area contributed by atoms with E-state index in [0.717, 1.165) is 49.0 Å². The SMILES string of the molecule is C=C(C)C1CC[C@]2(CC3CCN(C(O)OC(C)(C)C)CC3C(=O)OC)CCC3C(CCC4C3(C)CCC3C(C)(C)C(C)CCC34C)C12. The zero-order chi connectivity index (χ0) is 34.3. The highest BCUT2D eigenvalue weighted by Crippen LogP contribution is 2.74. The van der Waals surface area contributed by atoms with Crippen molar-refractivity contribution in [2.45, 2.75) is 151 Å². The number of methoxy groups -OCH3 is 1. The van der Waals surface area contributed by atoms with Gasteiger partial charge in [0.05, 0.1) is 18.6 Å². The Morgan fingerprint density at radius 1 is 0.915 bits per heavy atom. The molecule has 1 N–H and O–H groups in total. The Morgan fingerprint density at radius 3 is 2.26 bits per heavy atom. The number of hydrogen-bond donors (Lipinski definition) is 1. The zero-order valence-corrected chi connectivity index (χ0v) is 32.0. The Balaban J connectivity index is 1.26. The van der Waals surface area contributed by atoms with E-state index < -0.39 is 12.0 Å². The number of aliphatic hydroxyl groups is 1. The van der Waals surface area contributed by atoms with Crippen LogP contribution in [0.1, 0.15) is 139 Å². The quantitative estimate of drug-likeness (QED) is 0.176. The molecule has 1 aliphatic heterocycles. The number of allylic oxidation sites excluding steroid dienone is 1. The van der Waals surface area contributed by atoms with Crippen LogP contribution < -0.4 is 0 Å². The number of esters is 1. The molecule has 0 aromatic carbocycles. The first-order chi connectivity index (χ1) is 21.9. The minimum atomic E-state index is -1.01. The predicted octanol–water partition coefficient (Wildman–Crippen LogP) is 9.48. The van der Waals surface area contributed by atoms with Crippen molar-refractivity contribution >= 4 is 5.97 Å². The number of piperidine rings is 1. The van der Waals surface area contributed by atoms with Crippen LogP contribution in [0.25, 0.3) is 0 Å². The van der Waals surface area contributed by atoms with E-state index in [0.29, 0.717) is 34.6 Å². The van der Waals surface area contributed by atoms with Crippen LogP contribution in [0.15, 0.2) is 12.2 Å². The van der Waals surface area contributed by atoms with Crippen LogP contribution in [0.4, 0.5) is 0 Å². The summed E-state index contributed by atoms with van der Waals surface area (Å²) < 4.78 is 11.4. The third-order valence-corrected chi connectivity index (χ3v) is 16.7. The van der Waals surface area contributed by atoms with Crippen molar-refractivity contribution in [3.8, 4) is 0 Å². The molecule has 0 bridgehead atoms. The third kappa shape index (κ3) is 5.90. The van der Waals surface area contributed by atoms with Gasteiger partial charge in [0.25, 0.3) is 0 Å². The molecule has 1 saturated heterocycles. The molecule has 47 heavy (non-hydrogen) atoms. The van der Waals surface area contributed by atoms with Crippen LogP contribution >= 0.6 is 0 Å². The summed E-state index contributed by atoms with van der Waals surface area (Å²) in [5.41, 5.74) is 2.55. The van der Waals surface area contributed by atoms with E-state index in [1.807, 2.05) is 25.7 Å². The van der Waals surface area contributed by atoms with Gasteiger partial charge < -0.3 is 14.6 Å². The number of carbonyl (C=O) groups is 1. The first-order valence-electron chi connectivity index (χ1n) is 19.7. The molecule has 6 rings (SSSR count). The van der Waals surface area contributed by atoms with Crippen LogP contribution in [0, 0.1) is 74.9 Å². The van der Waals surface area contributed by atoms with Gasteiger partial charge in [0.15, 0.2) is 0 Å². The average Bonchev–Trinajstić information content (AvgIpc) is 3.38. The van der Waals surface area contributed by atoms with Gasteiger partial charge in [-0.25, -0.2) is 0 Å². The number of likely N-dealkylation sites (tertiary alicyclic amines) is 1. The first-order valence-corrected chi connectivity index (χ1v) is 19.7. The summed E-state index contributed by atoms with van der Waals surface area (Å²) in [6.07, 6.45) is 14.6. The lowest BCUT2D eigenvalue weighted by Gasteiger charge is -2.70. The van der Waals surface area contributed by atoms with Gasteiger partial charge >= 0.3 is 5.97 Å². The summed E-state index contributed by atoms with van der Waals surface area (Å²) in [7, 11) is 1.53. The van der Waals surface area contributed by atoms with Gasteiger partial charge in [-0.2, -0.15) is 0 Å². The second-order valence-electron chi connectivity index (χ2n) is 20.1. The lowest BCUT2D eigenvalue weighted by atomic mass is 9.35. The van der Waals surface area contributed by atoms with Gasteiger partial charge in [-0.3, -0.25) is 9.69 Å². The van der Waals surface area contributed by atoms with Gasteiger partial charge in [0.1, 0.15) is 0 Å². The smallest absolute Gasteiger partial charge is 0.310 e. The summed E-state index contributed by atoms with van der Waals surface area (Å²) in [6, 6.07) is 0. The molecule has 0 aromatic rings. The Kier molecular flexibility index (Phi) is 9.47. The molecule has 0 spiro atoms. The Morgan fingerprint density at radius 2 is 1.60 bits per heavy atom. The molecule has 0 amide bonds. The topological polar surface area (TPSA) is 59.0 Å². The Bertz CT molecular complexity index is 1190. The lowest BCUT2D eigenvalue weighted by Crippen LogP contribution is -2.62. The fraction of sp³-hybridized carbons (Fsp3) is 0.929. The fourth-order valence-electron chi connectivity index (χ4n) is 14.3. The maximum absolute atomic E-state index is 13.4. The molecule has 6 aliphatic rings. The van der Waals surface area contributed by atoms with Gasteiger partial charge in [0, 0.05) is 13.1 Å². The summed E-state index contributed by atoms with van der Waals surface area (Å²) in [5, 5.41) is 11.0. The van der Waals surface area contributed by atoms with Crippen molar-refractivity contribution < 1.29 is 19.4 Å². The molecule has 5 heteroatoms. The van der Waals surface area contributed by atoms with Crippen LogP contribution in [-0.4, -0.2) is 48.2 Å². The fourth-order valence-corrected chi connectivity index (χ4v) is 14.3. The zero-order valence-electron chi connectivity index (χ0n) is 32.0. The summed E-state index contributed by atoms with van der Waals surface area (Å²) in [6.45, 7) is 27.3. The Hall–Kier alpha value is -0.910. The highest BCUT2D eigenvalue weighted by Gasteiger charge is 2.67. The largest absolute Gasteiger partial charge is 0.469 e. The van der Waals surface area contributed by atoms with Crippen molar-refractivity contribution in [3.05, 3.63) is 12.2 Å². The van der Waals surface area contributed by atoms with Gasteiger partial charge in [-0.1, -0.05) is 46.8 Å². The third-order valence-electron chi connectivity index (χ3n) is 16.7. The number of hydrogen-bond acceptors (Lipinski definition) is 5. The maximum Gasteiger partial charge on any atom is 0.310 e. The van der Waals surface area contributed by atoms with Crippen LogP contribution in [0.5, 0.6) is 0 Å². The number of ether oxygens (including phenoxy) is 2. The van der Waals surface area contributed by atoms with E-state index in [-0.39, 0.29) is 23.2 Å². The van der Waals surface area contributed by atoms with Crippen molar-refractivity contribution in [1.29, 1.82) is 0 Å². The lowest BCUT2D eigenvalue weighted by molar-refractivity contribution is -0.248. The van der Waals surface area contributed by atoms with E-state index in [1.165, 1.54) is 76.9 Å². The molecular formula is C42H71NO4. The van der Waals surface area contributed by atoms with E-state index in [9.17, 15) is 9.90 Å². The first kappa shape index (κ1) is 35.9. The average molecular weight is 654 g/mol. The summed E-state index contributed by atoms with van der Waals surface area (Å²) >= 11 is 0. The van der Waals surface area contributed by atoms with E-state index >= 15 is 0 Å². The molecule has 5 saturated carbocycles. The van der Waals surface area contributed by atoms with E-state index in [1.54, 1.807) is 0 Å². The monoisotopic (exact) mass is 654 g/mol. The molecule has 6 fully saturated rings. The van der Waals surface area contributed by atoms with E-state index in [4.69, 9.17) is 9.47 Å². The minimum Gasteiger partial charge on any atom is -0.469 e. The molecule has 1 heterocycles. The molecule has 0 radical (unpaired) electrons. The number of aliphatic hydroxyl groups excluding tert-OH is 1. The molecule has 268 valence electrons. The molecule has 5 aliphatic carbocycles. The van der Waals surface area contributed by atoms with Crippen molar-refractivity contribution in [1.82, 2.24) is 4.90 Å². The Labute approximate surface area is 288 Å². The second kappa shape index (κ2) is 12.4. The van der Waals surface area contributed by atoms with Crippen LogP contribution in [0.3, 0.4) is 0 Å². The number of fused-ring (bicyclic) bond motifs is 7. The highest BCUT2D eigenvalue weighted by molar-refractivity contribution is 5.73. The number of rotatable bonds is 6.